The van der Waals surface area contributed by atoms with Crippen molar-refractivity contribution in [1.29, 1.82) is 0 Å². The minimum atomic E-state index is -0.324. The molecule has 6 heteroatoms. The van der Waals surface area contributed by atoms with Crippen LogP contribution in [0.25, 0.3) is 10.9 Å². The van der Waals surface area contributed by atoms with Gasteiger partial charge in [-0.15, -0.1) is 0 Å². The van der Waals surface area contributed by atoms with Crippen LogP contribution in [-0.2, 0) is 6.54 Å². The zero-order chi connectivity index (χ0) is 18.5. The molecule has 1 amide bonds. The third kappa shape index (κ3) is 3.90. The molecule has 0 radical (unpaired) electrons. The maximum Gasteiger partial charge on any atom is 0.275 e. The Hall–Kier alpha value is -3.80. The van der Waals surface area contributed by atoms with Crippen molar-refractivity contribution in [1.82, 2.24) is 15.0 Å². The number of anilines is 2. The summed E-state index contributed by atoms with van der Waals surface area (Å²) in [7, 11) is 0. The highest BCUT2D eigenvalue weighted by molar-refractivity contribution is 6.07. The summed E-state index contributed by atoms with van der Waals surface area (Å²) in [5.41, 5.74) is 2.77. The SMILES string of the molecule is O=C(Nc1cccc2cccnc12)c1cnc(NCc2ccccc2)cn1. The number of nitrogens with zero attached hydrogens (tertiary/aromatic N) is 3. The van der Waals surface area contributed by atoms with Crippen LogP contribution in [0.1, 0.15) is 16.1 Å². The van der Waals surface area contributed by atoms with Crippen LogP contribution in [-0.4, -0.2) is 20.9 Å². The molecule has 2 aromatic carbocycles. The van der Waals surface area contributed by atoms with E-state index in [0.717, 1.165) is 16.5 Å². The number of hydrogen-bond donors (Lipinski definition) is 2. The molecule has 0 spiro atoms. The van der Waals surface area contributed by atoms with E-state index in [1.54, 1.807) is 12.4 Å². The number of carbonyl (C=O) groups excluding carboxylic acids is 1. The van der Waals surface area contributed by atoms with Gasteiger partial charge in [-0.2, -0.15) is 0 Å². The number of nitrogens with one attached hydrogen (secondary N) is 2. The molecule has 6 nitrogen and oxygen atoms in total. The van der Waals surface area contributed by atoms with Crippen molar-refractivity contribution in [2.75, 3.05) is 10.6 Å². The Kier molecular flexibility index (Phi) is 4.70. The number of hydrogen-bond acceptors (Lipinski definition) is 5. The van der Waals surface area contributed by atoms with Gasteiger partial charge in [0.25, 0.3) is 5.91 Å². The number of rotatable bonds is 5. The van der Waals surface area contributed by atoms with Crippen LogP contribution < -0.4 is 10.6 Å². The quantitative estimate of drug-likeness (QED) is 0.568. The lowest BCUT2D eigenvalue weighted by atomic mass is 10.2. The molecule has 0 aliphatic heterocycles. The normalized spacial score (nSPS) is 10.5. The van der Waals surface area contributed by atoms with Crippen molar-refractivity contribution in [2.24, 2.45) is 0 Å². The second-order valence-electron chi connectivity index (χ2n) is 5.96. The van der Waals surface area contributed by atoms with Gasteiger partial charge in [-0.1, -0.05) is 48.5 Å². The Morgan fingerprint density at radius 3 is 2.52 bits per heavy atom. The number of aromatic nitrogens is 3. The van der Waals surface area contributed by atoms with Crippen molar-refractivity contribution in [3.63, 3.8) is 0 Å². The van der Waals surface area contributed by atoms with Gasteiger partial charge in [-0.05, 0) is 17.7 Å². The highest BCUT2D eigenvalue weighted by Gasteiger charge is 2.11. The second-order valence-corrected chi connectivity index (χ2v) is 5.96. The fraction of sp³-hybridized carbons (Fsp3) is 0.0476. The van der Waals surface area contributed by atoms with Gasteiger partial charge >= 0.3 is 0 Å². The highest BCUT2D eigenvalue weighted by atomic mass is 16.1. The molecule has 2 heterocycles. The lowest BCUT2D eigenvalue weighted by Gasteiger charge is -2.08. The fourth-order valence-electron chi connectivity index (χ4n) is 2.72. The summed E-state index contributed by atoms with van der Waals surface area (Å²) >= 11 is 0. The standard InChI is InChI=1S/C21H17N5O/c27-21(26-17-10-4-8-16-9-5-11-22-20(16)17)18-13-25-19(14-23-18)24-12-15-6-2-1-3-7-15/h1-11,13-14H,12H2,(H,24,25)(H,26,27). The largest absolute Gasteiger partial charge is 0.365 e. The van der Waals surface area contributed by atoms with Gasteiger partial charge in [0, 0.05) is 18.1 Å². The van der Waals surface area contributed by atoms with Gasteiger partial charge in [0.2, 0.25) is 0 Å². The van der Waals surface area contributed by atoms with Crippen LogP contribution in [0.15, 0.2) is 79.3 Å². The monoisotopic (exact) mass is 355 g/mol. The van der Waals surface area contributed by atoms with E-state index >= 15 is 0 Å². The molecular weight excluding hydrogens is 338 g/mol. The third-order valence-corrected chi connectivity index (χ3v) is 4.08. The minimum absolute atomic E-state index is 0.244. The van der Waals surface area contributed by atoms with Crippen LogP contribution in [0, 0.1) is 0 Å². The molecule has 2 N–H and O–H groups in total. The number of fused-ring (bicyclic) bond motifs is 1. The Balaban J connectivity index is 1.44. The molecule has 4 rings (SSSR count). The number of pyridine rings is 1. The Morgan fingerprint density at radius 1 is 0.852 bits per heavy atom. The molecule has 0 unspecified atom stereocenters. The lowest BCUT2D eigenvalue weighted by molar-refractivity contribution is 0.102. The van der Waals surface area contributed by atoms with Crippen molar-refractivity contribution in [3.8, 4) is 0 Å². The van der Waals surface area contributed by atoms with Gasteiger partial charge in [-0.3, -0.25) is 9.78 Å². The summed E-state index contributed by atoms with van der Waals surface area (Å²) in [6, 6.07) is 19.5. The zero-order valence-corrected chi connectivity index (χ0v) is 14.5. The summed E-state index contributed by atoms with van der Waals surface area (Å²) in [5, 5.41) is 7.00. The van der Waals surface area contributed by atoms with Crippen LogP contribution >= 0.6 is 0 Å². The molecule has 0 saturated carbocycles. The molecule has 0 aliphatic rings. The summed E-state index contributed by atoms with van der Waals surface area (Å²) in [5.74, 6) is 0.289. The number of para-hydroxylation sites is 1. The van der Waals surface area contributed by atoms with E-state index in [4.69, 9.17) is 0 Å². The van der Waals surface area contributed by atoms with Crippen LogP contribution in [0.5, 0.6) is 0 Å². The third-order valence-electron chi connectivity index (χ3n) is 4.08. The predicted octanol–water partition coefficient (Wildman–Crippen LogP) is 3.89. The molecule has 0 fully saturated rings. The molecule has 0 atom stereocenters. The van der Waals surface area contributed by atoms with Crippen molar-refractivity contribution < 1.29 is 4.79 Å². The Labute approximate surface area is 156 Å². The van der Waals surface area contributed by atoms with Crippen molar-refractivity contribution >= 4 is 28.3 Å². The highest BCUT2D eigenvalue weighted by Crippen LogP contribution is 2.21. The van der Waals surface area contributed by atoms with Crippen LogP contribution in [0.4, 0.5) is 11.5 Å². The van der Waals surface area contributed by atoms with Crippen LogP contribution in [0.2, 0.25) is 0 Å². The predicted molar refractivity (Wildman–Crippen MR) is 105 cm³/mol. The second kappa shape index (κ2) is 7.61. The van der Waals surface area contributed by atoms with Crippen molar-refractivity contribution in [3.05, 3.63) is 90.5 Å². The van der Waals surface area contributed by atoms with Gasteiger partial charge in [0.15, 0.2) is 0 Å². The number of carbonyl (C=O) groups is 1. The van der Waals surface area contributed by atoms with E-state index < -0.39 is 0 Å². The van der Waals surface area contributed by atoms with E-state index in [0.29, 0.717) is 18.1 Å². The maximum absolute atomic E-state index is 12.5. The topological polar surface area (TPSA) is 79.8 Å². The van der Waals surface area contributed by atoms with E-state index in [2.05, 4.69) is 25.6 Å². The van der Waals surface area contributed by atoms with E-state index in [-0.39, 0.29) is 11.6 Å². The lowest BCUT2D eigenvalue weighted by Crippen LogP contribution is -2.15. The maximum atomic E-state index is 12.5. The molecule has 4 aromatic rings. The first kappa shape index (κ1) is 16.7. The van der Waals surface area contributed by atoms with Gasteiger partial charge in [0.1, 0.15) is 11.5 Å². The van der Waals surface area contributed by atoms with E-state index in [1.165, 1.54) is 6.20 Å². The minimum Gasteiger partial charge on any atom is -0.365 e. The summed E-state index contributed by atoms with van der Waals surface area (Å²) in [4.78, 5) is 25.3. The van der Waals surface area contributed by atoms with Crippen molar-refractivity contribution in [2.45, 2.75) is 6.54 Å². The van der Waals surface area contributed by atoms with Gasteiger partial charge in [-0.25, -0.2) is 9.97 Å². The van der Waals surface area contributed by atoms with Gasteiger partial charge < -0.3 is 10.6 Å². The number of amides is 1. The molecule has 132 valence electrons. The Morgan fingerprint density at radius 2 is 1.70 bits per heavy atom. The van der Waals surface area contributed by atoms with E-state index in [1.807, 2.05) is 60.7 Å². The smallest absolute Gasteiger partial charge is 0.275 e. The summed E-state index contributed by atoms with van der Waals surface area (Å²) < 4.78 is 0. The first-order chi connectivity index (χ1) is 13.3. The van der Waals surface area contributed by atoms with Gasteiger partial charge in [0.05, 0.1) is 23.6 Å². The molecule has 0 aliphatic carbocycles. The molecule has 2 aromatic heterocycles. The Bertz CT molecular complexity index is 1060. The average molecular weight is 355 g/mol. The zero-order valence-electron chi connectivity index (χ0n) is 14.5. The van der Waals surface area contributed by atoms with E-state index in [9.17, 15) is 4.79 Å². The summed E-state index contributed by atoms with van der Waals surface area (Å²) in [6.45, 7) is 0.642. The van der Waals surface area contributed by atoms with Crippen LogP contribution in [0.3, 0.4) is 0 Å². The molecule has 0 bridgehead atoms. The molecule has 0 saturated heterocycles. The molecular formula is C21H17N5O. The fourth-order valence-corrected chi connectivity index (χ4v) is 2.72. The summed E-state index contributed by atoms with van der Waals surface area (Å²) in [6.07, 6.45) is 4.71. The first-order valence-corrected chi connectivity index (χ1v) is 8.54. The first-order valence-electron chi connectivity index (χ1n) is 8.54. The average Bonchev–Trinajstić information content (AvgIpc) is 2.74. The molecule has 27 heavy (non-hydrogen) atoms. The number of benzene rings is 2.